The largest absolute Gasteiger partial charge is 0.381 e. The second kappa shape index (κ2) is 4.43. The molecule has 0 bridgehead atoms. The van der Waals surface area contributed by atoms with Crippen LogP contribution in [0.2, 0.25) is 0 Å². The molecule has 0 heterocycles. The lowest BCUT2D eigenvalue weighted by Crippen LogP contribution is -2.42. The molecule has 2 atom stereocenters. The number of carbonyl (C=O) groups excluding carboxylic acids is 1. The smallest absolute Gasteiger partial charge is 0.223 e. The van der Waals surface area contributed by atoms with Crippen LogP contribution in [-0.2, 0) is 4.79 Å². The van der Waals surface area contributed by atoms with Gasteiger partial charge in [0.2, 0.25) is 3.79 Å². The Morgan fingerprint density at radius 3 is 2.71 bits per heavy atom. The van der Waals surface area contributed by atoms with Crippen molar-refractivity contribution in [1.29, 1.82) is 0 Å². The zero-order valence-electron chi connectivity index (χ0n) is 7.74. The predicted octanol–water partition coefficient (Wildman–Crippen LogP) is -0.105. The SMILES string of the molecule is NC(N)=NC1CCCC(O)(C(=O)I)C1. The summed E-state index contributed by atoms with van der Waals surface area (Å²) < 4.78 is -0.231. The normalized spacial score (nSPS) is 32.3. The second-order valence-corrected chi connectivity index (χ2v) is 4.59. The van der Waals surface area contributed by atoms with Gasteiger partial charge in [-0.3, -0.25) is 9.79 Å². The van der Waals surface area contributed by atoms with Crippen molar-refractivity contribution in [3.8, 4) is 0 Å². The summed E-state index contributed by atoms with van der Waals surface area (Å²) in [5, 5.41) is 9.92. The zero-order chi connectivity index (χ0) is 10.8. The summed E-state index contributed by atoms with van der Waals surface area (Å²) in [4.78, 5) is 15.1. The minimum atomic E-state index is -1.23. The number of aliphatic hydroxyl groups is 1. The van der Waals surface area contributed by atoms with Crippen LogP contribution in [-0.4, -0.2) is 26.5 Å². The lowest BCUT2D eigenvalue weighted by molar-refractivity contribution is -0.129. The summed E-state index contributed by atoms with van der Waals surface area (Å²) in [5.41, 5.74) is 9.26. The van der Waals surface area contributed by atoms with E-state index >= 15 is 0 Å². The number of carbonyl (C=O) groups is 1. The first-order valence-corrected chi connectivity index (χ1v) is 5.53. The van der Waals surface area contributed by atoms with Crippen LogP contribution in [0.25, 0.3) is 0 Å². The van der Waals surface area contributed by atoms with E-state index < -0.39 is 5.60 Å². The van der Waals surface area contributed by atoms with E-state index in [0.717, 1.165) is 12.8 Å². The van der Waals surface area contributed by atoms with E-state index in [9.17, 15) is 9.90 Å². The van der Waals surface area contributed by atoms with Gasteiger partial charge in [0.25, 0.3) is 0 Å². The van der Waals surface area contributed by atoms with Crippen molar-refractivity contribution in [2.75, 3.05) is 0 Å². The first kappa shape index (κ1) is 11.7. The van der Waals surface area contributed by atoms with Crippen LogP contribution in [0.1, 0.15) is 25.7 Å². The monoisotopic (exact) mass is 311 g/mol. The fourth-order valence-corrected chi connectivity index (χ4v) is 2.21. The molecule has 0 spiro atoms. The standard InChI is InChI=1S/C8H14IN3O2/c9-6(13)8(14)3-1-2-5(4-8)12-7(10)11/h5,14H,1-4H2,(H4,10,11,12). The number of hydrogen-bond acceptors (Lipinski definition) is 3. The third kappa shape index (κ3) is 2.81. The van der Waals surface area contributed by atoms with E-state index in [1.165, 1.54) is 0 Å². The quantitative estimate of drug-likeness (QED) is 0.287. The molecular weight excluding hydrogens is 297 g/mol. The van der Waals surface area contributed by atoms with Crippen molar-refractivity contribution in [2.24, 2.45) is 16.5 Å². The molecule has 5 nitrogen and oxygen atoms in total. The van der Waals surface area contributed by atoms with Gasteiger partial charge >= 0.3 is 0 Å². The number of aliphatic imine (C=N–C) groups is 1. The van der Waals surface area contributed by atoms with Gasteiger partial charge < -0.3 is 16.6 Å². The third-order valence-corrected chi connectivity index (χ3v) is 3.40. The molecule has 5 N–H and O–H groups in total. The van der Waals surface area contributed by atoms with E-state index in [-0.39, 0.29) is 15.8 Å². The molecule has 0 amide bonds. The number of halogens is 1. The molecule has 1 rings (SSSR count). The summed E-state index contributed by atoms with van der Waals surface area (Å²) in [6.45, 7) is 0. The van der Waals surface area contributed by atoms with Crippen LogP contribution in [0.15, 0.2) is 4.99 Å². The van der Waals surface area contributed by atoms with Crippen molar-refractivity contribution < 1.29 is 9.90 Å². The molecule has 1 aliphatic carbocycles. The van der Waals surface area contributed by atoms with Gasteiger partial charge in [-0.2, -0.15) is 0 Å². The fourth-order valence-electron chi connectivity index (χ4n) is 1.72. The summed E-state index contributed by atoms with van der Waals surface area (Å²) in [6.07, 6.45) is 2.43. The maximum atomic E-state index is 11.2. The van der Waals surface area contributed by atoms with Crippen LogP contribution in [0.5, 0.6) is 0 Å². The van der Waals surface area contributed by atoms with E-state index in [1.807, 2.05) is 0 Å². The topological polar surface area (TPSA) is 102 Å². The molecule has 1 aliphatic rings. The van der Waals surface area contributed by atoms with E-state index in [2.05, 4.69) is 4.99 Å². The molecular formula is C8H14IN3O2. The van der Waals surface area contributed by atoms with Crippen molar-refractivity contribution in [3.05, 3.63) is 0 Å². The van der Waals surface area contributed by atoms with Gasteiger partial charge in [-0.1, -0.05) is 0 Å². The molecule has 2 unspecified atom stereocenters. The number of nitrogens with two attached hydrogens (primary N) is 2. The minimum Gasteiger partial charge on any atom is -0.381 e. The van der Waals surface area contributed by atoms with Gasteiger partial charge in [0.05, 0.1) is 6.04 Å². The van der Waals surface area contributed by atoms with Crippen LogP contribution in [0, 0.1) is 0 Å². The highest BCUT2D eigenvalue weighted by Gasteiger charge is 2.39. The molecule has 1 fully saturated rings. The molecule has 0 aliphatic heterocycles. The highest BCUT2D eigenvalue weighted by atomic mass is 127. The van der Waals surface area contributed by atoms with Crippen LogP contribution in [0.4, 0.5) is 0 Å². The van der Waals surface area contributed by atoms with E-state index in [1.54, 1.807) is 22.6 Å². The lowest BCUT2D eigenvalue weighted by atomic mass is 9.83. The van der Waals surface area contributed by atoms with Crippen LogP contribution in [0.3, 0.4) is 0 Å². The van der Waals surface area contributed by atoms with Gasteiger partial charge in [-0.05, 0) is 19.3 Å². The van der Waals surface area contributed by atoms with Crippen molar-refractivity contribution in [3.63, 3.8) is 0 Å². The molecule has 1 saturated carbocycles. The Kier molecular flexibility index (Phi) is 3.71. The Morgan fingerprint density at radius 1 is 1.57 bits per heavy atom. The average Bonchev–Trinajstić information content (AvgIpc) is 2.02. The van der Waals surface area contributed by atoms with E-state index in [0.29, 0.717) is 12.8 Å². The van der Waals surface area contributed by atoms with Crippen LogP contribution < -0.4 is 11.5 Å². The molecule has 0 aromatic carbocycles. The van der Waals surface area contributed by atoms with Crippen molar-refractivity contribution in [1.82, 2.24) is 0 Å². The van der Waals surface area contributed by atoms with Crippen LogP contribution >= 0.6 is 22.6 Å². The molecule has 0 radical (unpaired) electrons. The minimum absolute atomic E-state index is 0.0140. The first-order chi connectivity index (χ1) is 6.44. The van der Waals surface area contributed by atoms with Gasteiger partial charge in [0.15, 0.2) is 5.96 Å². The second-order valence-electron chi connectivity index (χ2n) is 3.61. The summed E-state index contributed by atoms with van der Waals surface area (Å²) in [7, 11) is 0. The number of rotatable bonds is 2. The Hall–Kier alpha value is -0.370. The van der Waals surface area contributed by atoms with E-state index in [4.69, 9.17) is 11.5 Å². The molecule has 0 aromatic heterocycles. The maximum absolute atomic E-state index is 11.2. The molecule has 0 saturated heterocycles. The molecule has 14 heavy (non-hydrogen) atoms. The number of guanidine groups is 1. The lowest BCUT2D eigenvalue weighted by Gasteiger charge is -2.32. The Bertz CT molecular complexity index is 265. The molecule has 80 valence electrons. The third-order valence-electron chi connectivity index (χ3n) is 2.40. The Morgan fingerprint density at radius 2 is 2.21 bits per heavy atom. The Balaban J connectivity index is 2.69. The zero-order valence-corrected chi connectivity index (χ0v) is 9.90. The summed E-state index contributed by atoms with van der Waals surface area (Å²) in [6, 6.07) is -0.127. The van der Waals surface area contributed by atoms with Gasteiger partial charge in [-0.15, -0.1) is 0 Å². The van der Waals surface area contributed by atoms with Crippen molar-refractivity contribution >= 4 is 32.3 Å². The maximum Gasteiger partial charge on any atom is 0.223 e. The predicted molar refractivity (Wildman–Crippen MR) is 62.0 cm³/mol. The highest BCUT2D eigenvalue weighted by Crippen LogP contribution is 2.32. The molecule has 6 heteroatoms. The van der Waals surface area contributed by atoms with Crippen molar-refractivity contribution in [2.45, 2.75) is 37.3 Å². The Labute approximate surface area is 96.1 Å². The average molecular weight is 311 g/mol. The summed E-state index contributed by atoms with van der Waals surface area (Å²) >= 11 is 1.62. The van der Waals surface area contributed by atoms with Gasteiger partial charge in [-0.25, -0.2) is 0 Å². The fraction of sp³-hybridized carbons (Fsp3) is 0.750. The molecule has 0 aromatic rings. The highest BCUT2D eigenvalue weighted by molar-refractivity contribution is 14.1. The van der Waals surface area contributed by atoms with Gasteiger partial charge in [0.1, 0.15) is 5.60 Å². The summed E-state index contributed by atoms with van der Waals surface area (Å²) in [5.74, 6) is 0.0140. The van der Waals surface area contributed by atoms with Gasteiger partial charge in [0, 0.05) is 29.0 Å². The number of nitrogens with zero attached hydrogens (tertiary/aromatic N) is 1. The first-order valence-electron chi connectivity index (χ1n) is 4.45. The number of hydrogen-bond donors (Lipinski definition) is 3.